The lowest BCUT2D eigenvalue weighted by Gasteiger charge is -2.13. The molecule has 3 aromatic rings. The van der Waals surface area contributed by atoms with Crippen molar-refractivity contribution < 1.29 is 13.9 Å². The number of amides is 1. The molecule has 0 aliphatic rings. The fourth-order valence-electron chi connectivity index (χ4n) is 2.25. The molecule has 1 N–H and O–H groups in total. The number of carbonyl (C=O) groups excluding carboxylic acids is 1. The highest BCUT2D eigenvalue weighted by atomic mass is 19.1. The number of ether oxygens (including phenoxy) is 1. The summed E-state index contributed by atoms with van der Waals surface area (Å²) in [4.78, 5) is 16.5. The topological polar surface area (TPSA) is 69.0 Å². The number of halogens is 1. The Labute approximate surface area is 144 Å². The normalized spacial score (nSPS) is 11.8. The maximum absolute atomic E-state index is 13.6. The number of anilines is 1. The van der Waals surface area contributed by atoms with Gasteiger partial charge in [0.05, 0.1) is 5.69 Å². The Morgan fingerprint density at radius 1 is 1.16 bits per heavy atom. The van der Waals surface area contributed by atoms with E-state index in [2.05, 4.69) is 15.4 Å². The second-order valence-corrected chi connectivity index (χ2v) is 5.41. The summed E-state index contributed by atoms with van der Waals surface area (Å²) in [6.45, 7) is 3.32. The standard InChI is InChI=1S/C18H17FN4O2/c1-12(25-16-11-7-6-10-15(16)19)17(24)21-18-20-13(2)23(22-18)14-8-4-3-5-9-14/h3-12H,1-2H3,(H,21,22,24). The van der Waals surface area contributed by atoms with Gasteiger partial charge in [-0.2, -0.15) is 4.98 Å². The molecule has 1 heterocycles. The summed E-state index contributed by atoms with van der Waals surface area (Å²) >= 11 is 0. The molecule has 0 fully saturated rings. The van der Waals surface area contributed by atoms with Gasteiger partial charge in [0.1, 0.15) is 5.82 Å². The molecule has 0 saturated carbocycles. The summed E-state index contributed by atoms with van der Waals surface area (Å²) in [6.07, 6.45) is -0.902. The molecule has 0 spiro atoms. The lowest BCUT2D eigenvalue weighted by molar-refractivity contribution is -0.122. The van der Waals surface area contributed by atoms with E-state index in [0.29, 0.717) is 5.82 Å². The van der Waals surface area contributed by atoms with E-state index in [9.17, 15) is 9.18 Å². The van der Waals surface area contributed by atoms with Gasteiger partial charge in [-0.05, 0) is 38.1 Å². The first-order chi connectivity index (χ1) is 12.0. The number of aromatic nitrogens is 3. The van der Waals surface area contributed by atoms with Gasteiger partial charge in [-0.15, -0.1) is 5.10 Å². The minimum atomic E-state index is -0.902. The maximum atomic E-state index is 13.6. The number of hydrogen-bond donors (Lipinski definition) is 1. The van der Waals surface area contributed by atoms with E-state index >= 15 is 0 Å². The molecule has 1 atom stereocenters. The Morgan fingerprint density at radius 2 is 1.84 bits per heavy atom. The van der Waals surface area contributed by atoms with Gasteiger partial charge in [0.2, 0.25) is 5.95 Å². The van der Waals surface area contributed by atoms with Crippen LogP contribution in [0.25, 0.3) is 5.69 Å². The molecule has 0 bridgehead atoms. The van der Waals surface area contributed by atoms with E-state index in [4.69, 9.17) is 4.74 Å². The number of rotatable bonds is 5. The van der Waals surface area contributed by atoms with Crippen LogP contribution in [-0.4, -0.2) is 26.8 Å². The first-order valence-electron chi connectivity index (χ1n) is 7.76. The first-order valence-corrected chi connectivity index (χ1v) is 7.76. The van der Waals surface area contributed by atoms with E-state index in [0.717, 1.165) is 5.69 Å². The van der Waals surface area contributed by atoms with Crippen molar-refractivity contribution >= 4 is 11.9 Å². The molecule has 1 amide bonds. The van der Waals surface area contributed by atoms with Crippen molar-refractivity contribution in [2.75, 3.05) is 5.32 Å². The maximum Gasteiger partial charge on any atom is 0.267 e. The summed E-state index contributed by atoms with van der Waals surface area (Å²) in [5.41, 5.74) is 0.837. The summed E-state index contributed by atoms with van der Waals surface area (Å²) in [7, 11) is 0. The van der Waals surface area contributed by atoms with Gasteiger partial charge in [0, 0.05) is 0 Å². The van der Waals surface area contributed by atoms with Crippen molar-refractivity contribution in [3.05, 3.63) is 66.2 Å². The van der Waals surface area contributed by atoms with Crippen molar-refractivity contribution in [2.24, 2.45) is 0 Å². The van der Waals surface area contributed by atoms with Crippen LogP contribution in [0.3, 0.4) is 0 Å². The highest BCUT2D eigenvalue weighted by molar-refractivity contribution is 5.92. The van der Waals surface area contributed by atoms with Crippen LogP contribution in [0.1, 0.15) is 12.7 Å². The monoisotopic (exact) mass is 340 g/mol. The zero-order valence-corrected chi connectivity index (χ0v) is 13.8. The Bertz CT molecular complexity index is 880. The number of carbonyl (C=O) groups is 1. The third-order valence-corrected chi connectivity index (χ3v) is 3.51. The zero-order valence-electron chi connectivity index (χ0n) is 13.8. The highest BCUT2D eigenvalue weighted by Crippen LogP contribution is 2.17. The van der Waals surface area contributed by atoms with Gasteiger partial charge in [0.25, 0.3) is 5.91 Å². The van der Waals surface area contributed by atoms with Crippen LogP contribution >= 0.6 is 0 Å². The molecule has 0 radical (unpaired) electrons. The molecule has 128 valence electrons. The summed E-state index contributed by atoms with van der Waals surface area (Å²) in [5, 5.41) is 6.85. The largest absolute Gasteiger partial charge is 0.478 e. The van der Waals surface area contributed by atoms with E-state index in [1.54, 1.807) is 23.7 Å². The molecule has 2 aromatic carbocycles. The fourth-order valence-corrected chi connectivity index (χ4v) is 2.25. The van der Waals surface area contributed by atoms with Crippen LogP contribution in [0, 0.1) is 12.7 Å². The third kappa shape index (κ3) is 3.82. The van der Waals surface area contributed by atoms with E-state index in [1.165, 1.54) is 19.1 Å². The van der Waals surface area contributed by atoms with Crippen molar-refractivity contribution in [2.45, 2.75) is 20.0 Å². The SMILES string of the molecule is Cc1nc(NC(=O)C(C)Oc2ccccc2F)nn1-c1ccccc1. The molecular formula is C18H17FN4O2. The predicted octanol–water partition coefficient (Wildman–Crippen LogP) is 3.12. The van der Waals surface area contributed by atoms with E-state index in [-0.39, 0.29) is 11.7 Å². The van der Waals surface area contributed by atoms with Gasteiger partial charge in [-0.3, -0.25) is 10.1 Å². The van der Waals surface area contributed by atoms with Crippen molar-refractivity contribution in [3.8, 4) is 11.4 Å². The van der Waals surface area contributed by atoms with Crippen molar-refractivity contribution in [1.29, 1.82) is 0 Å². The number of benzene rings is 2. The number of para-hydroxylation sites is 2. The van der Waals surface area contributed by atoms with Gasteiger partial charge >= 0.3 is 0 Å². The van der Waals surface area contributed by atoms with Gasteiger partial charge < -0.3 is 4.74 Å². The third-order valence-electron chi connectivity index (χ3n) is 3.51. The molecule has 3 rings (SSSR count). The Hall–Kier alpha value is -3.22. The second-order valence-electron chi connectivity index (χ2n) is 5.41. The summed E-state index contributed by atoms with van der Waals surface area (Å²) in [5.74, 6) is -0.179. The van der Waals surface area contributed by atoms with Crippen LogP contribution in [0.2, 0.25) is 0 Å². The van der Waals surface area contributed by atoms with Crippen LogP contribution in [-0.2, 0) is 4.79 Å². The molecule has 0 saturated heterocycles. The van der Waals surface area contributed by atoms with E-state index in [1.807, 2.05) is 30.3 Å². The number of hydrogen-bond acceptors (Lipinski definition) is 4. The van der Waals surface area contributed by atoms with Gasteiger partial charge in [0.15, 0.2) is 17.7 Å². The second kappa shape index (κ2) is 7.12. The highest BCUT2D eigenvalue weighted by Gasteiger charge is 2.19. The Kier molecular flexibility index (Phi) is 4.74. The quantitative estimate of drug-likeness (QED) is 0.775. The molecule has 1 aromatic heterocycles. The lowest BCUT2D eigenvalue weighted by atomic mass is 10.3. The molecule has 25 heavy (non-hydrogen) atoms. The Balaban J connectivity index is 1.70. The number of nitrogens with zero attached hydrogens (tertiary/aromatic N) is 3. The molecule has 1 unspecified atom stereocenters. The van der Waals surface area contributed by atoms with Crippen molar-refractivity contribution in [1.82, 2.24) is 14.8 Å². The summed E-state index contributed by atoms with van der Waals surface area (Å²) < 4.78 is 20.6. The molecule has 0 aliphatic heterocycles. The molecule has 7 heteroatoms. The lowest BCUT2D eigenvalue weighted by Crippen LogP contribution is -2.30. The zero-order chi connectivity index (χ0) is 17.8. The van der Waals surface area contributed by atoms with Crippen LogP contribution in [0.15, 0.2) is 54.6 Å². The summed E-state index contributed by atoms with van der Waals surface area (Å²) in [6, 6.07) is 15.4. The van der Waals surface area contributed by atoms with Crippen LogP contribution in [0.4, 0.5) is 10.3 Å². The van der Waals surface area contributed by atoms with Gasteiger partial charge in [-0.1, -0.05) is 30.3 Å². The first kappa shape index (κ1) is 16.6. The minimum absolute atomic E-state index is 0.0177. The Morgan fingerprint density at radius 3 is 2.56 bits per heavy atom. The molecular weight excluding hydrogens is 323 g/mol. The van der Waals surface area contributed by atoms with Crippen LogP contribution < -0.4 is 10.1 Å². The number of aryl methyl sites for hydroxylation is 1. The van der Waals surface area contributed by atoms with Crippen LogP contribution in [0.5, 0.6) is 5.75 Å². The average molecular weight is 340 g/mol. The van der Waals surface area contributed by atoms with Gasteiger partial charge in [-0.25, -0.2) is 9.07 Å². The molecule has 0 aliphatic carbocycles. The molecule has 6 nitrogen and oxygen atoms in total. The van der Waals surface area contributed by atoms with E-state index < -0.39 is 17.8 Å². The average Bonchev–Trinajstić information content (AvgIpc) is 2.98. The predicted molar refractivity (Wildman–Crippen MR) is 91.2 cm³/mol. The van der Waals surface area contributed by atoms with Crippen molar-refractivity contribution in [3.63, 3.8) is 0 Å². The fraction of sp³-hybridized carbons (Fsp3) is 0.167. The number of nitrogens with one attached hydrogen (secondary N) is 1. The minimum Gasteiger partial charge on any atom is -0.478 e. The smallest absolute Gasteiger partial charge is 0.267 e.